The van der Waals surface area contributed by atoms with Crippen molar-refractivity contribution in [2.24, 2.45) is 0 Å². The lowest BCUT2D eigenvalue weighted by Crippen LogP contribution is -2.51. The van der Waals surface area contributed by atoms with E-state index in [1.807, 2.05) is 37.3 Å². The van der Waals surface area contributed by atoms with E-state index >= 15 is 0 Å². The first-order valence-corrected chi connectivity index (χ1v) is 13.0. The molecule has 0 aliphatic rings. The van der Waals surface area contributed by atoms with Crippen LogP contribution in [0.2, 0.25) is 5.02 Å². The number of rotatable bonds is 10. The number of carbonyl (C=O) groups excluding carboxylic acids is 2. The van der Waals surface area contributed by atoms with Gasteiger partial charge in [-0.3, -0.25) is 13.9 Å². The molecule has 35 heavy (non-hydrogen) atoms. The lowest BCUT2D eigenvalue weighted by atomic mass is 10.1. The number of hydrogen-bond donors (Lipinski definition) is 1. The Morgan fingerprint density at radius 2 is 1.49 bits per heavy atom. The molecule has 184 valence electrons. The highest BCUT2D eigenvalue weighted by Gasteiger charge is 2.33. The van der Waals surface area contributed by atoms with Gasteiger partial charge in [-0.2, -0.15) is 0 Å². The summed E-state index contributed by atoms with van der Waals surface area (Å²) in [7, 11) is -2.59. The van der Waals surface area contributed by atoms with Crippen molar-refractivity contribution in [3.05, 3.63) is 95.5 Å². The van der Waals surface area contributed by atoms with E-state index in [1.54, 1.807) is 30.3 Å². The Balaban J connectivity index is 2.02. The molecule has 0 heterocycles. The number of sulfonamides is 1. The van der Waals surface area contributed by atoms with Crippen LogP contribution in [-0.2, 0) is 26.2 Å². The minimum atomic E-state index is -4.10. The fourth-order valence-corrected chi connectivity index (χ4v) is 5.26. The lowest BCUT2D eigenvalue weighted by Gasteiger charge is -2.33. The molecule has 1 N–H and O–H groups in total. The summed E-state index contributed by atoms with van der Waals surface area (Å²) >= 11 is 5.95. The van der Waals surface area contributed by atoms with Crippen LogP contribution in [0.5, 0.6) is 0 Å². The second kappa shape index (κ2) is 11.9. The highest BCUT2D eigenvalue weighted by Crippen LogP contribution is 2.25. The Morgan fingerprint density at radius 1 is 0.914 bits per heavy atom. The van der Waals surface area contributed by atoms with Crippen LogP contribution in [0.4, 0.5) is 5.69 Å². The van der Waals surface area contributed by atoms with Crippen LogP contribution in [0.1, 0.15) is 18.9 Å². The van der Waals surface area contributed by atoms with E-state index < -0.39 is 28.5 Å². The summed E-state index contributed by atoms with van der Waals surface area (Å²) in [5, 5.41) is 3.01. The highest BCUT2D eigenvalue weighted by molar-refractivity contribution is 7.92. The molecule has 0 aliphatic heterocycles. The molecule has 0 bridgehead atoms. The van der Waals surface area contributed by atoms with E-state index in [0.717, 1.165) is 9.87 Å². The standard InChI is InChI=1S/C26H28ClN3O4S/c1-3-24(26(32)28-2)29(18-20-10-6-4-7-11-20)25(31)19-30(22-12-8-5-9-13-22)35(33,34)23-16-14-21(27)15-17-23/h4-17,24H,3,18-19H2,1-2H3,(H,28,32). The molecule has 0 spiro atoms. The van der Waals surface area contributed by atoms with Gasteiger partial charge in [0.05, 0.1) is 10.6 Å². The predicted molar refractivity (Wildman–Crippen MR) is 138 cm³/mol. The third-order valence-electron chi connectivity index (χ3n) is 5.55. The number of halogens is 1. The molecule has 3 aromatic rings. The van der Waals surface area contributed by atoms with Crippen LogP contribution in [0.3, 0.4) is 0 Å². The van der Waals surface area contributed by atoms with Gasteiger partial charge in [0, 0.05) is 18.6 Å². The average molecular weight is 514 g/mol. The normalized spacial score (nSPS) is 12.0. The molecule has 2 amide bonds. The van der Waals surface area contributed by atoms with Gasteiger partial charge in [0.2, 0.25) is 11.8 Å². The number of hydrogen-bond acceptors (Lipinski definition) is 4. The summed E-state index contributed by atoms with van der Waals surface area (Å²) in [6.07, 6.45) is 0.369. The summed E-state index contributed by atoms with van der Waals surface area (Å²) in [6, 6.07) is 22.7. The molecule has 0 saturated heterocycles. The van der Waals surface area contributed by atoms with E-state index in [2.05, 4.69) is 5.32 Å². The van der Waals surface area contributed by atoms with Crippen LogP contribution >= 0.6 is 11.6 Å². The van der Waals surface area contributed by atoms with Crippen LogP contribution in [-0.4, -0.2) is 44.8 Å². The van der Waals surface area contributed by atoms with Gasteiger partial charge in [-0.1, -0.05) is 67.1 Å². The van der Waals surface area contributed by atoms with Gasteiger partial charge in [0.15, 0.2) is 0 Å². The Kier molecular flexibility index (Phi) is 8.89. The molecule has 1 atom stereocenters. The predicted octanol–water partition coefficient (Wildman–Crippen LogP) is 4.09. The molecular weight excluding hydrogens is 486 g/mol. The monoisotopic (exact) mass is 513 g/mol. The molecule has 0 saturated carbocycles. The van der Waals surface area contributed by atoms with E-state index in [4.69, 9.17) is 11.6 Å². The molecule has 0 aliphatic carbocycles. The lowest BCUT2D eigenvalue weighted by molar-refractivity contribution is -0.140. The number of benzene rings is 3. The topological polar surface area (TPSA) is 86.8 Å². The van der Waals surface area contributed by atoms with E-state index in [-0.39, 0.29) is 17.3 Å². The molecule has 0 aromatic heterocycles. The van der Waals surface area contributed by atoms with Gasteiger partial charge in [0.25, 0.3) is 10.0 Å². The minimum Gasteiger partial charge on any atom is -0.357 e. The summed E-state index contributed by atoms with van der Waals surface area (Å²) in [6.45, 7) is 1.50. The summed E-state index contributed by atoms with van der Waals surface area (Å²) in [5.41, 5.74) is 1.17. The van der Waals surface area contributed by atoms with Gasteiger partial charge in [-0.05, 0) is 48.4 Å². The summed E-state index contributed by atoms with van der Waals surface area (Å²) < 4.78 is 28.3. The highest BCUT2D eigenvalue weighted by atomic mass is 35.5. The van der Waals surface area contributed by atoms with Crippen molar-refractivity contribution in [2.45, 2.75) is 30.8 Å². The Hall–Kier alpha value is -3.36. The number of carbonyl (C=O) groups is 2. The smallest absolute Gasteiger partial charge is 0.264 e. The van der Waals surface area contributed by atoms with Crippen molar-refractivity contribution in [2.75, 3.05) is 17.9 Å². The zero-order valence-corrected chi connectivity index (χ0v) is 21.2. The molecule has 3 rings (SSSR count). The van der Waals surface area contributed by atoms with E-state index in [9.17, 15) is 18.0 Å². The molecule has 1 unspecified atom stereocenters. The van der Waals surface area contributed by atoms with Gasteiger partial charge in [-0.25, -0.2) is 8.42 Å². The minimum absolute atomic E-state index is 0.00602. The zero-order valence-electron chi connectivity index (χ0n) is 19.6. The first kappa shape index (κ1) is 26.2. The number of para-hydroxylation sites is 1. The summed E-state index contributed by atoms with van der Waals surface area (Å²) in [4.78, 5) is 27.8. The van der Waals surface area contributed by atoms with Gasteiger partial charge < -0.3 is 10.2 Å². The first-order valence-electron chi connectivity index (χ1n) is 11.2. The number of nitrogens with one attached hydrogen (secondary N) is 1. The first-order chi connectivity index (χ1) is 16.8. The number of anilines is 1. The molecule has 0 fully saturated rings. The number of nitrogens with zero attached hydrogens (tertiary/aromatic N) is 2. The fraction of sp³-hybridized carbons (Fsp3) is 0.231. The van der Waals surface area contributed by atoms with Crippen LogP contribution in [0, 0.1) is 0 Å². The SMILES string of the molecule is CCC(C(=O)NC)N(Cc1ccccc1)C(=O)CN(c1ccccc1)S(=O)(=O)c1ccc(Cl)cc1. The second-order valence-electron chi connectivity index (χ2n) is 7.85. The van der Waals surface area contributed by atoms with E-state index in [0.29, 0.717) is 17.1 Å². The quantitative estimate of drug-likeness (QED) is 0.442. The van der Waals surface area contributed by atoms with Gasteiger partial charge in [-0.15, -0.1) is 0 Å². The van der Waals surface area contributed by atoms with Gasteiger partial charge in [0.1, 0.15) is 12.6 Å². The van der Waals surface area contributed by atoms with Crippen molar-refractivity contribution < 1.29 is 18.0 Å². The molecular formula is C26H28ClN3O4S. The molecule has 9 heteroatoms. The van der Waals surface area contributed by atoms with Crippen LogP contribution in [0.25, 0.3) is 0 Å². The Morgan fingerprint density at radius 3 is 2.03 bits per heavy atom. The molecule has 3 aromatic carbocycles. The fourth-order valence-electron chi connectivity index (χ4n) is 3.72. The maximum atomic E-state index is 13.7. The summed E-state index contributed by atoms with van der Waals surface area (Å²) in [5.74, 6) is -0.811. The van der Waals surface area contributed by atoms with Crippen molar-refractivity contribution in [3.63, 3.8) is 0 Å². The van der Waals surface area contributed by atoms with E-state index in [1.165, 1.54) is 36.2 Å². The Bertz CT molecular complexity index is 1240. The average Bonchev–Trinajstić information content (AvgIpc) is 2.88. The van der Waals surface area contributed by atoms with Crippen molar-refractivity contribution in [1.82, 2.24) is 10.2 Å². The maximum absolute atomic E-state index is 13.7. The number of likely N-dealkylation sites (N-methyl/N-ethyl adjacent to an activating group) is 1. The largest absolute Gasteiger partial charge is 0.357 e. The third-order valence-corrected chi connectivity index (χ3v) is 7.59. The van der Waals surface area contributed by atoms with Crippen LogP contribution < -0.4 is 9.62 Å². The van der Waals surface area contributed by atoms with Crippen molar-refractivity contribution >= 4 is 39.1 Å². The third kappa shape index (κ3) is 6.41. The molecule has 0 radical (unpaired) electrons. The Labute approximate surface area is 211 Å². The molecule has 7 nitrogen and oxygen atoms in total. The van der Waals surface area contributed by atoms with Gasteiger partial charge >= 0.3 is 0 Å². The number of amides is 2. The van der Waals surface area contributed by atoms with Crippen molar-refractivity contribution in [3.8, 4) is 0 Å². The van der Waals surface area contributed by atoms with Crippen LogP contribution in [0.15, 0.2) is 89.8 Å². The van der Waals surface area contributed by atoms with Crippen molar-refractivity contribution in [1.29, 1.82) is 0 Å². The zero-order chi connectivity index (χ0) is 25.4. The maximum Gasteiger partial charge on any atom is 0.264 e. The second-order valence-corrected chi connectivity index (χ2v) is 10.1.